The van der Waals surface area contributed by atoms with E-state index in [0.717, 1.165) is 11.1 Å². The van der Waals surface area contributed by atoms with E-state index in [1.54, 1.807) is 43.8 Å². The largest absolute Gasteiger partial charge is 0.352 e. The number of rotatable bonds is 4. The van der Waals surface area contributed by atoms with Crippen LogP contribution < -0.4 is 10.9 Å². The van der Waals surface area contributed by atoms with Gasteiger partial charge in [-0.1, -0.05) is 30.3 Å². The van der Waals surface area contributed by atoms with Crippen molar-refractivity contribution in [3.05, 3.63) is 70.1 Å². The summed E-state index contributed by atoms with van der Waals surface area (Å²) >= 11 is 0. The number of halogens is 1. The lowest BCUT2D eigenvalue weighted by Crippen LogP contribution is -2.57. The first kappa shape index (κ1) is 24.4. The molecule has 1 saturated heterocycles. The van der Waals surface area contributed by atoms with E-state index >= 15 is 0 Å². The van der Waals surface area contributed by atoms with E-state index in [0.29, 0.717) is 32.1 Å². The number of benzene rings is 1. The number of hydrogen-bond donors (Lipinski definition) is 1. The summed E-state index contributed by atoms with van der Waals surface area (Å²) in [6, 6.07) is 13.2. The fourth-order valence-corrected chi connectivity index (χ4v) is 4.75. The molecular weight excluding hydrogens is 515 g/mol. The molecule has 7 nitrogen and oxygen atoms in total. The lowest BCUT2D eigenvalue weighted by Gasteiger charge is -2.39. The molecule has 0 amide bonds. The molecule has 3 rings (SSSR count). The second-order valence-electron chi connectivity index (χ2n) is 7.88. The van der Waals surface area contributed by atoms with Crippen LogP contribution in [0.1, 0.15) is 25.0 Å². The predicted octanol–water partition coefficient (Wildman–Crippen LogP) is 2.10. The maximum absolute atomic E-state index is 12.2. The minimum Gasteiger partial charge on any atom is -0.352 e. The minimum atomic E-state index is -3.09. The zero-order chi connectivity index (χ0) is 21.1. The van der Waals surface area contributed by atoms with Crippen molar-refractivity contribution in [2.24, 2.45) is 4.99 Å². The Morgan fingerprint density at radius 3 is 2.40 bits per heavy atom. The Bertz CT molecular complexity index is 1050. The van der Waals surface area contributed by atoms with Crippen molar-refractivity contribution in [2.75, 3.05) is 25.9 Å². The highest BCUT2D eigenvalue weighted by molar-refractivity contribution is 14.0. The van der Waals surface area contributed by atoms with Crippen LogP contribution >= 0.6 is 24.0 Å². The summed E-state index contributed by atoms with van der Waals surface area (Å²) in [7, 11) is -1.38. The molecule has 2 aromatic rings. The molecule has 9 heteroatoms. The first-order valence-corrected chi connectivity index (χ1v) is 11.3. The van der Waals surface area contributed by atoms with Crippen LogP contribution in [-0.2, 0) is 22.9 Å². The number of aromatic nitrogens is 1. The zero-order valence-electron chi connectivity index (χ0n) is 17.5. The van der Waals surface area contributed by atoms with Crippen LogP contribution in [0.5, 0.6) is 0 Å². The van der Waals surface area contributed by atoms with Gasteiger partial charge in [-0.05, 0) is 31.0 Å². The zero-order valence-corrected chi connectivity index (χ0v) is 20.7. The number of nitrogens with zero attached hydrogens (tertiary/aromatic N) is 3. The monoisotopic (exact) mass is 544 g/mol. The van der Waals surface area contributed by atoms with Gasteiger partial charge in [0, 0.05) is 38.9 Å². The van der Waals surface area contributed by atoms with Gasteiger partial charge in [0.1, 0.15) is 0 Å². The summed E-state index contributed by atoms with van der Waals surface area (Å²) < 4.78 is 25.3. The Balaban J connectivity index is 0.00000320. The molecular formula is C21H29IN4O3S. The standard InChI is InChI=1S/C21H28N4O3S.HI/c1-21(2)16-25(12-13-29(21,27)28)20(22-3)23-14-17-7-9-18(10-8-17)15-24-11-5-4-6-19(24)26;/h4-11H,12-16H2,1-3H3,(H,22,23);1H. The summed E-state index contributed by atoms with van der Waals surface area (Å²) in [5.41, 5.74) is 2.11. The van der Waals surface area contributed by atoms with Crippen LogP contribution in [0.25, 0.3) is 0 Å². The summed E-state index contributed by atoms with van der Waals surface area (Å²) in [5.74, 6) is 0.835. The number of pyridine rings is 1. The number of nitrogens with one attached hydrogen (secondary N) is 1. The second kappa shape index (κ2) is 9.95. The molecule has 164 valence electrons. The first-order chi connectivity index (χ1) is 13.7. The molecule has 1 aliphatic heterocycles. The van der Waals surface area contributed by atoms with E-state index < -0.39 is 14.6 Å². The van der Waals surface area contributed by atoms with Crippen LogP contribution in [-0.4, -0.2) is 54.5 Å². The van der Waals surface area contributed by atoms with Crippen molar-refractivity contribution in [1.29, 1.82) is 0 Å². The van der Waals surface area contributed by atoms with Crippen LogP contribution in [0.15, 0.2) is 58.4 Å². The maximum Gasteiger partial charge on any atom is 0.250 e. The number of sulfone groups is 1. The van der Waals surface area contributed by atoms with E-state index in [4.69, 9.17) is 0 Å². The predicted molar refractivity (Wildman–Crippen MR) is 131 cm³/mol. The maximum atomic E-state index is 12.2. The number of hydrogen-bond acceptors (Lipinski definition) is 4. The van der Waals surface area contributed by atoms with Crippen molar-refractivity contribution >= 4 is 39.8 Å². The Labute approximate surface area is 195 Å². The second-order valence-corrected chi connectivity index (χ2v) is 10.6. The van der Waals surface area contributed by atoms with Crippen molar-refractivity contribution in [3.63, 3.8) is 0 Å². The Morgan fingerprint density at radius 2 is 1.80 bits per heavy atom. The van der Waals surface area contributed by atoms with Crippen LogP contribution in [0.4, 0.5) is 0 Å². The molecule has 1 N–H and O–H groups in total. The molecule has 1 aromatic heterocycles. The van der Waals surface area contributed by atoms with Crippen molar-refractivity contribution in [2.45, 2.75) is 31.7 Å². The average molecular weight is 544 g/mol. The van der Waals surface area contributed by atoms with E-state index in [9.17, 15) is 13.2 Å². The molecule has 0 unspecified atom stereocenters. The third-order valence-corrected chi connectivity index (χ3v) is 7.81. The Hall–Kier alpha value is -1.88. The average Bonchev–Trinajstić information content (AvgIpc) is 2.68. The molecule has 2 heterocycles. The Morgan fingerprint density at radius 1 is 1.13 bits per heavy atom. The van der Waals surface area contributed by atoms with E-state index in [2.05, 4.69) is 10.3 Å². The molecule has 1 fully saturated rings. The molecule has 0 aliphatic carbocycles. The smallest absolute Gasteiger partial charge is 0.250 e. The molecule has 0 spiro atoms. The van der Waals surface area contributed by atoms with Crippen LogP contribution in [0.3, 0.4) is 0 Å². The summed E-state index contributed by atoms with van der Waals surface area (Å²) in [6.45, 7) is 5.50. The number of guanidine groups is 1. The van der Waals surface area contributed by atoms with Gasteiger partial charge in [-0.3, -0.25) is 9.79 Å². The third kappa shape index (κ3) is 5.63. The molecule has 0 atom stereocenters. The van der Waals surface area contributed by atoms with Crippen molar-refractivity contribution in [1.82, 2.24) is 14.8 Å². The van der Waals surface area contributed by atoms with Gasteiger partial charge in [0.25, 0.3) is 5.56 Å². The number of aliphatic imine (C=N–C) groups is 1. The SMILES string of the molecule is CN=C(NCc1ccc(Cn2ccccc2=O)cc1)N1CCS(=O)(=O)C(C)(C)C1.I. The van der Waals surface area contributed by atoms with Gasteiger partial charge in [-0.2, -0.15) is 0 Å². The van der Waals surface area contributed by atoms with Gasteiger partial charge < -0.3 is 14.8 Å². The van der Waals surface area contributed by atoms with Gasteiger partial charge in [-0.15, -0.1) is 24.0 Å². The normalized spacial score (nSPS) is 17.8. The van der Waals surface area contributed by atoms with E-state index in [1.165, 1.54) is 0 Å². The van der Waals surface area contributed by atoms with Crippen LogP contribution in [0.2, 0.25) is 0 Å². The molecule has 0 saturated carbocycles. The quantitative estimate of drug-likeness (QED) is 0.362. The highest BCUT2D eigenvalue weighted by atomic mass is 127. The van der Waals surface area contributed by atoms with E-state index in [-0.39, 0.29) is 35.3 Å². The minimum absolute atomic E-state index is 0. The lowest BCUT2D eigenvalue weighted by molar-refractivity contribution is 0.353. The van der Waals surface area contributed by atoms with Crippen molar-refractivity contribution < 1.29 is 8.42 Å². The van der Waals surface area contributed by atoms with Gasteiger partial charge in [0.15, 0.2) is 15.8 Å². The Kier molecular flexibility index (Phi) is 8.09. The molecule has 30 heavy (non-hydrogen) atoms. The molecule has 1 aromatic carbocycles. The van der Waals surface area contributed by atoms with Gasteiger partial charge in [0.05, 0.1) is 17.0 Å². The van der Waals surface area contributed by atoms with Gasteiger partial charge in [0.2, 0.25) is 0 Å². The molecule has 0 bridgehead atoms. The highest BCUT2D eigenvalue weighted by Gasteiger charge is 2.40. The molecule has 1 aliphatic rings. The fourth-order valence-electron chi connectivity index (χ4n) is 3.39. The summed E-state index contributed by atoms with van der Waals surface area (Å²) in [5, 5.41) is 3.32. The highest BCUT2D eigenvalue weighted by Crippen LogP contribution is 2.23. The lowest BCUT2D eigenvalue weighted by atomic mass is 10.1. The first-order valence-electron chi connectivity index (χ1n) is 9.63. The van der Waals surface area contributed by atoms with Gasteiger partial charge >= 0.3 is 0 Å². The molecule has 0 radical (unpaired) electrons. The van der Waals surface area contributed by atoms with Gasteiger partial charge in [-0.25, -0.2) is 8.42 Å². The third-order valence-electron chi connectivity index (χ3n) is 5.28. The van der Waals surface area contributed by atoms with E-state index in [1.807, 2.05) is 35.2 Å². The van der Waals surface area contributed by atoms with Crippen molar-refractivity contribution in [3.8, 4) is 0 Å². The van der Waals surface area contributed by atoms with Crippen LogP contribution in [0, 0.1) is 0 Å². The topological polar surface area (TPSA) is 83.8 Å². The summed E-state index contributed by atoms with van der Waals surface area (Å²) in [4.78, 5) is 18.2. The summed E-state index contributed by atoms with van der Waals surface area (Å²) in [6.07, 6.45) is 1.78. The fraction of sp³-hybridized carbons (Fsp3) is 0.429.